The molecule has 122 valence electrons. The predicted octanol–water partition coefficient (Wildman–Crippen LogP) is 4.25. The van der Waals surface area contributed by atoms with Crippen LogP contribution in [0.2, 0.25) is 51.9 Å². The van der Waals surface area contributed by atoms with Crippen LogP contribution >= 0.6 is 0 Å². The highest BCUT2D eigenvalue weighted by molar-refractivity contribution is 6.87. The van der Waals surface area contributed by atoms with E-state index in [0.717, 1.165) is 10.5 Å². The average Bonchev–Trinajstić information content (AvgIpc) is 2.10. The Kier molecular flexibility index (Phi) is 7.39. The molecule has 0 radical (unpaired) electrons. The summed E-state index contributed by atoms with van der Waals surface area (Å²) >= 11 is 0. The van der Waals surface area contributed by atoms with Crippen molar-refractivity contribution in [1.29, 1.82) is 0 Å². The van der Waals surface area contributed by atoms with E-state index in [9.17, 15) is 0 Å². The fraction of sp³-hybridized carbons (Fsp3) is 1.00. The molecule has 6 heteroatoms. The lowest BCUT2D eigenvalue weighted by Gasteiger charge is -2.39. The topological polar surface area (TPSA) is 18.5 Å². The second-order valence-corrected chi connectivity index (χ2v) is 21.5. The van der Waals surface area contributed by atoms with E-state index in [2.05, 4.69) is 66.8 Å². The quantitative estimate of drug-likeness (QED) is 0.463. The van der Waals surface area contributed by atoms with Gasteiger partial charge in [0.15, 0.2) is 16.6 Å². The fourth-order valence-corrected chi connectivity index (χ4v) is 14.9. The zero-order valence-electron chi connectivity index (χ0n) is 15.6. The maximum absolute atomic E-state index is 6.53. The molecule has 0 rings (SSSR count). The van der Waals surface area contributed by atoms with Crippen LogP contribution in [0, 0.1) is 0 Å². The van der Waals surface area contributed by atoms with Gasteiger partial charge < -0.3 is 12.7 Å². The highest BCUT2D eigenvalue weighted by atomic mass is 28.5. The van der Waals surface area contributed by atoms with E-state index < -0.39 is 25.2 Å². The van der Waals surface area contributed by atoms with Gasteiger partial charge in [0.25, 0.3) is 0 Å². The van der Waals surface area contributed by atoms with E-state index in [1.807, 2.05) is 0 Å². The van der Waals surface area contributed by atoms with Crippen molar-refractivity contribution in [1.82, 2.24) is 0 Å². The van der Waals surface area contributed by atoms with Gasteiger partial charge in [0.2, 0.25) is 0 Å². The van der Waals surface area contributed by atoms with Crippen molar-refractivity contribution in [3.05, 3.63) is 0 Å². The minimum Gasteiger partial charge on any atom is -0.437 e. The van der Waals surface area contributed by atoms with E-state index in [1.54, 1.807) is 0 Å². The third kappa shape index (κ3) is 10.3. The van der Waals surface area contributed by atoms with Crippen molar-refractivity contribution >= 4 is 25.2 Å². The Morgan fingerprint density at radius 2 is 1.20 bits per heavy atom. The van der Waals surface area contributed by atoms with Crippen molar-refractivity contribution in [3.8, 4) is 0 Å². The first-order valence-corrected chi connectivity index (χ1v) is 17.2. The molecule has 20 heavy (non-hydrogen) atoms. The lowest BCUT2D eigenvalue weighted by atomic mass is 10.4. The molecule has 0 N–H and O–H groups in total. The van der Waals surface area contributed by atoms with Gasteiger partial charge in [0.1, 0.15) is 0 Å². The lowest BCUT2D eigenvalue weighted by molar-refractivity contribution is -0.888. The smallest absolute Gasteiger partial charge is 0.314 e. The van der Waals surface area contributed by atoms with Gasteiger partial charge in [-0.15, -0.1) is 0 Å². The standard InChI is InChI=1S/C14H38NO2Si3/c1-11-15(2,3)13-12-14-20(10,16-18(4,5)6)17-19(7,8)9/h11-14H2,1-10H3/q+1. The lowest BCUT2D eigenvalue weighted by Crippen LogP contribution is -2.53. The molecule has 0 unspecified atom stereocenters. The van der Waals surface area contributed by atoms with Crippen LogP contribution in [0.25, 0.3) is 0 Å². The van der Waals surface area contributed by atoms with Crippen LogP contribution in [0.3, 0.4) is 0 Å². The normalized spacial score (nSPS) is 14.7. The van der Waals surface area contributed by atoms with E-state index in [-0.39, 0.29) is 0 Å². The summed E-state index contributed by atoms with van der Waals surface area (Å²) in [5, 5.41) is 0. The first-order chi connectivity index (χ1) is 8.68. The van der Waals surface area contributed by atoms with Gasteiger partial charge >= 0.3 is 8.56 Å². The monoisotopic (exact) mass is 336 g/mol. The number of nitrogens with zero attached hydrogens (tertiary/aromatic N) is 1. The Morgan fingerprint density at radius 3 is 1.50 bits per heavy atom. The molecule has 0 atom stereocenters. The van der Waals surface area contributed by atoms with Crippen molar-refractivity contribution in [2.24, 2.45) is 0 Å². The Morgan fingerprint density at radius 1 is 0.800 bits per heavy atom. The van der Waals surface area contributed by atoms with Crippen LogP contribution in [-0.4, -0.2) is 56.9 Å². The summed E-state index contributed by atoms with van der Waals surface area (Å²) in [6.45, 7) is 20.6. The van der Waals surface area contributed by atoms with Gasteiger partial charge in [0.05, 0.1) is 27.2 Å². The number of rotatable bonds is 9. The summed E-state index contributed by atoms with van der Waals surface area (Å²) in [5.41, 5.74) is 0. The van der Waals surface area contributed by atoms with Crippen LogP contribution in [0.1, 0.15) is 13.3 Å². The minimum absolute atomic E-state index is 1.09. The largest absolute Gasteiger partial charge is 0.437 e. The summed E-state index contributed by atoms with van der Waals surface area (Å²) in [6, 6.07) is 1.13. The molecule has 0 aromatic heterocycles. The van der Waals surface area contributed by atoms with Crippen molar-refractivity contribution in [3.63, 3.8) is 0 Å². The van der Waals surface area contributed by atoms with Crippen LogP contribution in [0.4, 0.5) is 0 Å². The molecule has 0 aromatic carbocycles. The Labute approximate surface area is 130 Å². The molecule has 0 aliphatic carbocycles. The minimum atomic E-state index is -2.02. The maximum atomic E-state index is 6.53. The van der Waals surface area contributed by atoms with Crippen molar-refractivity contribution in [2.75, 3.05) is 27.2 Å². The third-order valence-corrected chi connectivity index (χ3v) is 12.9. The number of hydrogen-bond acceptors (Lipinski definition) is 2. The molecule has 0 saturated heterocycles. The van der Waals surface area contributed by atoms with Crippen molar-refractivity contribution in [2.45, 2.75) is 65.2 Å². The van der Waals surface area contributed by atoms with Gasteiger partial charge in [-0.3, -0.25) is 0 Å². The Balaban J connectivity index is 4.70. The SMILES string of the molecule is CC[N+](C)(C)CCC[Si](C)(O[Si](C)(C)C)O[Si](C)(C)C. The molecule has 0 aliphatic rings. The molecule has 0 aliphatic heterocycles. The fourth-order valence-electron chi connectivity index (χ4n) is 2.40. The second-order valence-electron chi connectivity index (χ2n) is 8.64. The Bertz CT molecular complexity index is 280. The van der Waals surface area contributed by atoms with Crippen LogP contribution in [0.5, 0.6) is 0 Å². The molecule has 0 bridgehead atoms. The highest BCUT2D eigenvalue weighted by Gasteiger charge is 2.40. The first kappa shape index (κ1) is 20.5. The molecule has 0 fully saturated rings. The Hall–Kier alpha value is 0.531. The van der Waals surface area contributed by atoms with Gasteiger partial charge in [0, 0.05) is 0 Å². The van der Waals surface area contributed by atoms with Gasteiger partial charge in [-0.1, -0.05) is 0 Å². The first-order valence-electron chi connectivity index (χ1n) is 7.90. The highest BCUT2D eigenvalue weighted by Crippen LogP contribution is 2.25. The summed E-state index contributed by atoms with van der Waals surface area (Å²) in [7, 11) is -0.498. The molecule has 3 nitrogen and oxygen atoms in total. The molecular formula is C14H38NO2Si3+. The molecule has 0 saturated carbocycles. The van der Waals surface area contributed by atoms with Gasteiger partial charge in [-0.25, -0.2) is 0 Å². The zero-order valence-corrected chi connectivity index (χ0v) is 18.6. The van der Waals surface area contributed by atoms with Gasteiger partial charge in [-0.05, 0) is 65.2 Å². The van der Waals surface area contributed by atoms with E-state index in [4.69, 9.17) is 8.23 Å². The van der Waals surface area contributed by atoms with Crippen molar-refractivity contribution < 1.29 is 12.7 Å². The molecule has 0 heterocycles. The summed E-state index contributed by atoms with van der Waals surface area (Å²) in [5.74, 6) is 0. The number of quaternary nitrogens is 1. The molecule has 0 aromatic rings. The summed E-state index contributed by atoms with van der Waals surface area (Å²) in [6.07, 6.45) is 1.21. The molecular weight excluding hydrogens is 298 g/mol. The zero-order chi connectivity index (χ0) is 16.2. The van der Waals surface area contributed by atoms with E-state index >= 15 is 0 Å². The van der Waals surface area contributed by atoms with E-state index in [0.29, 0.717) is 0 Å². The maximum Gasteiger partial charge on any atom is 0.314 e. The van der Waals surface area contributed by atoms with Gasteiger partial charge in [-0.2, -0.15) is 0 Å². The van der Waals surface area contributed by atoms with Crippen LogP contribution in [-0.2, 0) is 8.23 Å². The van der Waals surface area contributed by atoms with Crippen LogP contribution in [0.15, 0.2) is 0 Å². The van der Waals surface area contributed by atoms with Crippen LogP contribution < -0.4 is 0 Å². The third-order valence-electron chi connectivity index (χ3n) is 3.29. The predicted molar refractivity (Wildman–Crippen MR) is 97.4 cm³/mol. The van der Waals surface area contributed by atoms with E-state index in [1.165, 1.54) is 19.5 Å². The second kappa shape index (κ2) is 7.19. The summed E-state index contributed by atoms with van der Waals surface area (Å²) in [4.78, 5) is 0. The molecule has 0 spiro atoms. The molecule has 0 amide bonds. The summed E-state index contributed by atoms with van der Waals surface area (Å²) < 4.78 is 14.2. The number of hydrogen-bond donors (Lipinski definition) is 0. The average molecular weight is 337 g/mol.